The van der Waals surface area contributed by atoms with E-state index in [9.17, 15) is 0 Å². The minimum atomic E-state index is 0.773. The van der Waals surface area contributed by atoms with E-state index < -0.39 is 0 Å². The Morgan fingerprint density at radius 2 is 1.15 bits per heavy atom. The van der Waals surface area contributed by atoms with E-state index in [-0.39, 0.29) is 0 Å². The van der Waals surface area contributed by atoms with Gasteiger partial charge in [0.25, 0.3) is 0 Å². The molecule has 2 radical (unpaired) electrons. The van der Waals surface area contributed by atoms with Gasteiger partial charge in [-0.15, -0.1) is 0 Å². The molecule has 0 atom stereocenters. The molecule has 1 aliphatic carbocycles. The molecule has 1 aliphatic heterocycles. The van der Waals surface area contributed by atoms with Crippen molar-refractivity contribution in [1.82, 2.24) is 0 Å². The van der Waals surface area contributed by atoms with Crippen LogP contribution in [-0.4, -0.2) is 9.52 Å². The Morgan fingerprint density at radius 1 is 0.500 bits per heavy atom. The van der Waals surface area contributed by atoms with Crippen molar-refractivity contribution in [2.45, 2.75) is 6.42 Å². The smallest absolute Gasteiger partial charge is 0.0625 e. The van der Waals surface area contributed by atoms with Gasteiger partial charge in [0.2, 0.25) is 0 Å². The lowest BCUT2D eigenvalue weighted by Crippen LogP contribution is -2.20. The van der Waals surface area contributed by atoms with E-state index in [4.69, 9.17) is 0 Å². The molecule has 0 nitrogen and oxygen atoms in total. The maximum absolute atomic E-state index is 2.40. The second-order valence-electron chi connectivity index (χ2n) is 7.14. The van der Waals surface area contributed by atoms with Crippen LogP contribution in [0.2, 0.25) is 0 Å². The second kappa shape index (κ2) is 5.30. The van der Waals surface area contributed by atoms with Crippen molar-refractivity contribution >= 4 is 19.9 Å². The maximum atomic E-state index is 2.40. The van der Waals surface area contributed by atoms with Crippen molar-refractivity contribution in [3.05, 3.63) is 96.1 Å². The quantitative estimate of drug-likeness (QED) is 0.384. The fourth-order valence-electron chi connectivity index (χ4n) is 4.36. The Balaban J connectivity index is 1.42. The van der Waals surface area contributed by atoms with Crippen molar-refractivity contribution in [2.75, 3.05) is 0 Å². The molecule has 0 N–H and O–H groups in total. The normalized spacial score (nSPS) is 13.1. The summed E-state index contributed by atoms with van der Waals surface area (Å²) in [7, 11) is 0.773. The molecule has 26 heavy (non-hydrogen) atoms. The minimum Gasteiger partial charge on any atom is -0.0625 e. The summed E-state index contributed by atoms with van der Waals surface area (Å²) in [6.07, 6.45) is 1.05. The monoisotopic (exact) mass is 344 g/mol. The lowest BCUT2D eigenvalue weighted by atomic mass is 9.97. The Bertz CT molecular complexity index is 1090. The average molecular weight is 344 g/mol. The topological polar surface area (TPSA) is 0 Å². The summed E-state index contributed by atoms with van der Waals surface area (Å²) in [6, 6.07) is 31.6. The molecule has 0 saturated heterocycles. The molecule has 4 aromatic carbocycles. The summed E-state index contributed by atoms with van der Waals surface area (Å²) in [5, 5.41) is 2.96. The Labute approximate surface area is 156 Å². The SMILES string of the molecule is c1ccc2c(c1)Cc1cc(-c3ccc4c(c3)[Si]c3ccccc3-4)ccc1-2. The lowest BCUT2D eigenvalue weighted by molar-refractivity contribution is 1.26. The van der Waals surface area contributed by atoms with Gasteiger partial charge in [0.05, 0.1) is 0 Å². The van der Waals surface area contributed by atoms with Crippen LogP contribution < -0.4 is 10.4 Å². The van der Waals surface area contributed by atoms with Gasteiger partial charge in [0.15, 0.2) is 0 Å². The van der Waals surface area contributed by atoms with Crippen molar-refractivity contribution in [3.8, 4) is 33.4 Å². The van der Waals surface area contributed by atoms with Crippen molar-refractivity contribution in [3.63, 3.8) is 0 Å². The highest BCUT2D eigenvalue weighted by molar-refractivity contribution is 6.73. The molecule has 0 spiro atoms. The number of hydrogen-bond acceptors (Lipinski definition) is 0. The first-order valence-corrected chi connectivity index (χ1v) is 10.1. The van der Waals surface area contributed by atoms with Gasteiger partial charge in [-0.1, -0.05) is 95.3 Å². The van der Waals surface area contributed by atoms with Gasteiger partial charge in [-0.25, -0.2) is 0 Å². The van der Waals surface area contributed by atoms with Gasteiger partial charge in [-0.3, -0.25) is 0 Å². The van der Waals surface area contributed by atoms with Gasteiger partial charge in [0.1, 0.15) is 9.52 Å². The molecule has 0 saturated carbocycles. The van der Waals surface area contributed by atoms with Crippen LogP contribution in [0.4, 0.5) is 0 Å². The molecule has 0 amide bonds. The van der Waals surface area contributed by atoms with Gasteiger partial charge < -0.3 is 0 Å². The van der Waals surface area contributed by atoms with Crippen LogP contribution in [0.5, 0.6) is 0 Å². The van der Waals surface area contributed by atoms with E-state index in [0.717, 1.165) is 15.9 Å². The summed E-state index contributed by atoms with van der Waals surface area (Å²) in [5.41, 5.74) is 11.2. The standard InChI is InChI=1S/C25H16Si/c1-2-6-20-18(5-1)14-19-13-16(9-11-21(19)20)17-10-12-23-22-7-3-4-8-24(22)26-25(23)15-17/h1-13,15H,14H2. The first-order valence-electron chi connectivity index (χ1n) is 9.09. The molecule has 2 aliphatic rings. The third kappa shape index (κ3) is 2.01. The Morgan fingerprint density at radius 3 is 2.08 bits per heavy atom. The van der Waals surface area contributed by atoms with Gasteiger partial charge in [-0.2, -0.15) is 0 Å². The predicted octanol–water partition coefficient (Wildman–Crippen LogP) is 4.56. The summed E-state index contributed by atoms with van der Waals surface area (Å²) in [4.78, 5) is 0. The average Bonchev–Trinajstić information content (AvgIpc) is 3.24. The largest absolute Gasteiger partial charge is 0.123 e. The van der Waals surface area contributed by atoms with E-state index in [1.165, 1.54) is 54.9 Å². The van der Waals surface area contributed by atoms with Gasteiger partial charge >= 0.3 is 0 Å². The van der Waals surface area contributed by atoms with E-state index in [2.05, 4.69) is 84.9 Å². The molecule has 1 heterocycles. The first kappa shape index (κ1) is 14.3. The molecule has 4 aromatic rings. The van der Waals surface area contributed by atoms with Gasteiger partial charge in [-0.05, 0) is 50.9 Å². The summed E-state index contributed by atoms with van der Waals surface area (Å²) in [6.45, 7) is 0. The lowest BCUT2D eigenvalue weighted by Gasteiger charge is -2.08. The number of rotatable bonds is 1. The molecular weight excluding hydrogens is 328 g/mol. The van der Waals surface area contributed by atoms with Crippen molar-refractivity contribution < 1.29 is 0 Å². The zero-order valence-electron chi connectivity index (χ0n) is 14.3. The van der Waals surface area contributed by atoms with Crippen LogP contribution in [0.3, 0.4) is 0 Å². The Hall–Kier alpha value is -2.90. The Kier molecular flexibility index (Phi) is 2.91. The third-order valence-electron chi connectivity index (χ3n) is 5.63. The molecule has 0 fully saturated rings. The molecule has 0 bridgehead atoms. The number of hydrogen-bond donors (Lipinski definition) is 0. The van der Waals surface area contributed by atoms with Gasteiger partial charge in [0, 0.05) is 0 Å². The van der Waals surface area contributed by atoms with Crippen molar-refractivity contribution in [1.29, 1.82) is 0 Å². The van der Waals surface area contributed by atoms with Crippen LogP contribution in [0.15, 0.2) is 84.9 Å². The molecule has 6 rings (SSSR count). The number of benzene rings is 4. The molecule has 1 heteroatoms. The highest BCUT2D eigenvalue weighted by Gasteiger charge is 2.21. The van der Waals surface area contributed by atoms with Crippen LogP contribution in [0, 0.1) is 0 Å². The van der Waals surface area contributed by atoms with E-state index in [1.54, 1.807) is 0 Å². The van der Waals surface area contributed by atoms with Crippen LogP contribution in [-0.2, 0) is 6.42 Å². The highest BCUT2D eigenvalue weighted by Crippen LogP contribution is 2.38. The first-order chi connectivity index (χ1) is 12.9. The van der Waals surface area contributed by atoms with Crippen LogP contribution in [0.1, 0.15) is 11.1 Å². The fraction of sp³-hybridized carbons (Fsp3) is 0.0400. The third-order valence-corrected chi connectivity index (χ3v) is 7.02. The molecule has 0 unspecified atom stereocenters. The van der Waals surface area contributed by atoms with E-state index in [1.807, 2.05) is 0 Å². The summed E-state index contributed by atoms with van der Waals surface area (Å²) < 4.78 is 0. The molecular formula is C25H16Si. The molecule has 120 valence electrons. The van der Waals surface area contributed by atoms with Crippen LogP contribution in [0.25, 0.3) is 33.4 Å². The predicted molar refractivity (Wildman–Crippen MR) is 111 cm³/mol. The zero-order chi connectivity index (χ0) is 17.1. The van der Waals surface area contributed by atoms with E-state index in [0.29, 0.717) is 0 Å². The van der Waals surface area contributed by atoms with Crippen LogP contribution >= 0.6 is 0 Å². The minimum absolute atomic E-state index is 0.773. The summed E-state index contributed by atoms with van der Waals surface area (Å²) >= 11 is 0. The second-order valence-corrected chi connectivity index (χ2v) is 8.46. The van der Waals surface area contributed by atoms with Crippen molar-refractivity contribution in [2.24, 2.45) is 0 Å². The number of fused-ring (bicyclic) bond motifs is 6. The maximum Gasteiger partial charge on any atom is 0.123 e. The van der Waals surface area contributed by atoms with E-state index >= 15 is 0 Å². The highest BCUT2D eigenvalue weighted by atomic mass is 28.2. The summed E-state index contributed by atoms with van der Waals surface area (Å²) in [5.74, 6) is 0. The fourth-order valence-corrected chi connectivity index (χ4v) is 5.76. The zero-order valence-corrected chi connectivity index (χ0v) is 15.3. The molecule has 0 aromatic heterocycles.